The number of hydrogen-bond donors (Lipinski definition) is 1. The molecule has 0 unspecified atom stereocenters. The number of ether oxygens (including phenoxy) is 4. The molecule has 1 aromatic heterocycles. The summed E-state index contributed by atoms with van der Waals surface area (Å²) in [5.74, 6) is -8.95. The van der Waals surface area contributed by atoms with Gasteiger partial charge in [-0.1, -0.05) is 0 Å². The Morgan fingerprint density at radius 1 is 0.902 bits per heavy atom. The van der Waals surface area contributed by atoms with Crippen LogP contribution in [0.2, 0.25) is 0 Å². The average Bonchev–Trinajstić information content (AvgIpc) is 2.86. The van der Waals surface area contributed by atoms with E-state index in [4.69, 9.17) is 9.47 Å². The van der Waals surface area contributed by atoms with Gasteiger partial charge in [0.05, 0.1) is 24.6 Å². The van der Waals surface area contributed by atoms with Crippen LogP contribution in [0, 0.1) is 11.6 Å². The molecule has 2 aromatic carbocycles. The lowest BCUT2D eigenvalue weighted by Gasteiger charge is -2.25. The molecule has 0 spiro atoms. The molecule has 3 rings (SSSR count). The average molecular weight is 584 g/mol. The van der Waals surface area contributed by atoms with E-state index in [1.807, 2.05) is 0 Å². The van der Waals surface area contributed by atoms with Gasteiger partial charge < -0.3 is 24.3 Å². The van der Waals surface area contributed by atoms with Crippen molar-refractivity contribution in [3.05, 3.63) is 71.1 Å². The number of rotatable bonds is 9. The van der Waals surface area contributed by atoms with Gasteiger partial charge in [-0.25, -0.2) is 22.9 Å². The Hall–Kier alpha value is -4.37. The topological polar surface area (TPSA) is 96.0 Å². The number of nitrogens with zero attached hydrogens (tertiary/aromatic N) is 1. The minimum absolute atomic E-state index is 0.0908. The van der Waals surface area contributed by atoms with Gasteiger partial charge in [0, 0.05) is 5.30 Å². The summed E-state index contributed by atoms with van der Waals surface area (Å²) >= 11 is 0. The Kier molecular flexibility index (Phi) is 9.14. The molecule has 1 heterocycles. The van der Waals surface area contributed by atoms with Crippen LogP contribution in [0.1, 0.15) is 32.8 Å². The SMILES string of the molecule is BC(B)(B)Oc1c(Oc2ccc(C(F)F)c(F)c2C(=O)Nc2ccc(C(=O)OC)nc2)ccc(OC(F)(F)F)c1F. The summed E-state index contributed by atoms with van der Waals surface area (Å²) in [6.07, 6.45) is -7.61. The summed E-state index contributed by atoms with van der Waals surface area (Å²) in [5, 5.41) is 1.00. The Morgan fingerprint density at radius 2 is 1.54 bits per heavy atom. The maximum atomic E-state index is 15.2. The summed E-state index contributed by atoms with van der Waals surface area (Å²) in [6, 6.07) is 5.09. The van der Waals surface area contributed by atoms with E-state index >= 15 is 8.78 Å². The molecule has 0 bridgehead atoms. The molecule has 18 heteroatoms. The van der Waals surface area contributed by atoms with Gasteiger partial charge in [0.2, 0.25) is 5.82 Å². The van der Waals surface area contributed by atoms with E-state index in [-0.39, 0.29) is 11.4 Å². The van der Waals surface area contributed by atoms with Crippen LogP contribution in [-0.4, -0.2) is 59.2 Å². The normalized spacial score (nSPS) is 11.6. The number of hydrogen-bond acceptors (Lipinski definition) is 7. The molecule has 0 saturated heterocycles. The van der Waals surface area contributed by atoms with Crippen LogP contribution in [-0.2, 0) is 4.74 Å². The lowest BCUT2D eigenvalue weighted by atomic mass is 9.52. The molecule has 3 aromatic rings. The van der Waals surface area contributed by atoms with Crippen molar-refractivity contribution in [2.45, 2.75) is 18.1 Å². The van der Waals surface area contributed by atoms with Crippen LogP contribution >= 0.6 is 0 Å². The fourth-order valence-corrected chi connectivity index (χ4v) is 3.25. The molecule has 214 valence electrons. The van der Waals surface area contributed by atoms with Crippen LogP contribution in [0.15, 0.2) is 42.6 Å². The number of pyridine rings is 1. The molecule has 1 N–H and O–H groups in total. The van der Waals surface area contributed by atoms with E-state index in [0.29, 0.717) is 12.1 Å². The Balaban J connectivity index is 2.08. The van der Waals surface area contributed by atoms with Gasteiger partial charge >= 0.3 is 12.3 Å². The highest BCUT2D eigenvalue weighted by Crippen LogP contribution is 2.42. The van der Waals surface area contributed by atoms with Crippen molar-refractivity contribution in [3.8, 4) is 23.0 Å². The lowest BCUT2D eigenvalue weighted by Crippen LogP contribution is -2.38. The third-order valence-corrected chi connectivity index (χ3v) is 4.89. The Morgan fingerprint density at radius 3 is 2.07 bits per heavy atom. The molecule has 0 radical (unpaired) electrons. The Labute approximate surface area is 230 Å². The van der Waals surface area contributed by atoms with Gasteiger partial charge in [-0.05, 0) is 36.4 Å². The van der Waals surface area contributed by atoms with E-state index in [1.54, 1.807) is 0 Å². The maximum Gasteiger partial charge on any atom is 0.573 e. The second kappa shape index (κ2) is 12.0. The first-order chi connectivity index (χ1) is 19.0. The largest absolute Gasteiger partial charge is 0.573 e. The van der Waals surface area contributed by atoms with Crippen molar-refractivity contribution in [2.75, 3.05) is 12.4 Å². The lowest BCUT2D eigenvalue weighted by molar-refractivity contribution is -0.275. The highest BCUT2D eigenvalue weighted by atomic mass is 19.4. The second-order valence-electron chi connectivity index (χ2n) is 9.09. The third kappa shape index (κ3) is 7.86. The first-order valence-corrected chi connectivity index (χ1v) is 11.4. The van der Waals surface area contributed by atoms with Crippen LogP contribution < -0.4 is 19.5 Å². The molecular weight excluding hydrogens is 566 g/mol. The first-order valence-electron chi connectivity index (χ1n) is 11.4. The van der Waals surface area contributed by atoms with Gasteiger partial charge in [-0.3, -0.25) is 4.79 Å². The minimum atomic E-state index is -5.26. The number of carbonyl (C=O) groups excluding carboxylic acids is 2. The fraction of sp³-hybridized carbons (Fsp3) is 0.174. The van der Waals surface area contributed by atoms with Crippen molar-refractivity contribution in [1.29, 1.82) is 0 Å². The molecule has 0 aliphatic heterocycles. The number of benzene rings is 2. The summed E-state index contributed by atoms with van der Waals surface area (Å²) in [4.78, 5) is 28.4. The molecule has 0 aliphatic carbocycles. The van der Waals surface area contributed by atoms with Crippen molar-refractivity contribution in [3.63, 3.8) is 0 Å². The van der Waals surface area contributed by atoms with Crippen LogP contribution in [0.25, 0.3) is 0 Å². The molecule has 8 nitrogen and oxygen atoms in total. The van der Waals surface area contributed by atoms with Gasteiger partial charge in [0.15, 0.2) is 17.2 Å². The van der Waals surface area contributed by atoms with E-state index in [2.05, 4.69) is 19.8 Å². The highest BCUT2D eigenvalue weighted by molar-refractivity contribution is 6.58. The zero-order valence-electron chi connectivity index (χ0n) is 21.7. The number of methoxy groups -OCH3 is 1. The summed E-state index contributed by atoms with van der Waals surface area (Å²) in [6.45, 7) is 0. The minimum Gasteiger partial charge on any atom is -0.508 e. The molecule has 0 atom stereocenters. The monoisotopic (exact) mass is 584 g/mol. The number of nitrogens with one attached hydrogen (secondary N) is 1. The summed E-state index contributed by atoms with van der Waals surface area (Å²) in [5.41, 5.74) is -2.45. The molecule has 1 amide bonds. The molecule has 0 aliphatic rings. The molecule has 41 heavy (non-hydrogen) atoms. The Bertz CT molecular complexity index is 1450. The van der Waals surface area contributed by atoms with E-state index in [1.165, 1.54) is 29.6 Å². The van der Waals surface area contributed by atoms with Gasteiger partial charge in [0.25, 0.3) is 12.3 Å². The van der Waals surface area contributed by atoms with E-state index < -0.39 is 75.7 Å². The predicted octanol–water partition coefficient (Wildman–Crippen LogP) is 2.92. The number of amides is 1. The van der Waals surface area contributed by atoms with Crippen LogP contribution in [0.5, 0.6) is 23.0 Å². The van der Waals surface area contributed by atoms with Crippen molar-refractivity contribution < 1.29 is 59.3 Å². The van der Waals surface area contributed by atoms with Crippen LogP contribution in [0.3, 0.4) is 0 Å². The molecular formula is C23H18B3F7N2O6. The van der Waals surface area contributed by atoms with Crippen LogP contribution in [0.4, 0.5) is 36.4 Å². The zero-order valence-corrected chi connectivity index (χ0v) is 21.7. The molecule has 0 saturated carbocycles. The first kappa shape index (κ1) is 31.2. The van der Waals surface area contributed by atoms with Crippen molar-refractivity contribution in [1.82, 2.24) is 4.98 Å². The van der Waals surface area contributed by atoms with Gasteiger partial charge in [-0.15, -0.1) is 13.2 Å². The quantitative estimate of drug-likeness (QED) is 0.235. The van der Waals surface area contributed by atoms with Gasteiger partial charge in [0.1, 0.15) is 46.4 Å². The highest BCUT2D eigenvalue weighted by Gasteiger charge is 2.35. The number of aromatic nitrogens is 1. The summed E-state index contributed by atoms with van der Waals surface area (Å²) in [7, 11) is 5.41. The second-order valence-corrected chi connectivity index (χ2v) is 9.09. The third-order valence-electron chi connectivity index (χ3n) is 4.89. The van der Waals surface area contributed by atoms with E-state index in [9.17, 15) is 31.5 Å². The summed E-state index contributed by atoms with van der Waals surface area (Å²) < 4.78 is 114. The molecule has 0 fully saturated rings. The van der Waals surface area contributed by atoms with Crippen molar-refractivity contribution in [2.24, 2.45) is 0 Å². The number of esters is 1. The maximum absolute atomic E-state index is 15.2. The number of halogens is 7. The van der Waals surface area contributed by atoms with Crippen molar-refractivity contribution >= 4 is 41.1 Å². The predicted molar refractivity (Wildman–Crippen MR) is 137 cm³/mol. The number of alkyl halides is 5. The fourth-order valence-electron chi connectivity index (χ4n) is 3.25. The smallest absolute Gasteiger partial charge is 0.508 e. The zero-order chi connectivity index (χ0) is 30.7. The van der Waals surface area contributed by atoms with E-state index in [0.717, 1.165) is 31.5 Å². The van der Waals surface area contributed by atoms with Gasteiger partial charge in [-0.2, -0.15) is 4.39 Å². The number of carbonyl (C=O) groups is 2. The number of anilines is 1. The standard InChI is InChI=1S/C23H18B3F7N2O6/c1-38-21(37)11-4-2-9(8-34-11)35-20(36)15-12(5-3-10(16(15)27)19(29)30)39-14-7-6-13(40-23(31,32)33)17(28)18(14)41-22(24,25)26/h2-8,19H,24-26H2,1H3,(H,35,36).